The molecule has 4 unspecified atom stereocenters. The largest absolute Gasteiger partial charge is 0.497 e. The van der Waals surface area contributed by atoms with Gasteiger partial charge in [0.1, 0.15) is 17.6 Å². The van der Waals surface area contributed by atoms with Gasteiger partial charge in [0.05, 0.1) is 29.0 Å². The maximum Gasteiger partial charge on any atom is 0.265 e. The Morgan fingerprint density at radius 1 is 0.976 bits per heavy atom. The maximum atomic E-state index is 14.2. The highest BCUT2D eigenvalue weighted by Gasteiger charge is 2.55. The van der Waals surface area contributed by atoms with Gasteiger partial charge >= 0.3 is 0 Å². The molecule has 0 spiro atoms. The molecule has 5 rings (SSSR count). The molecule has 1 N–H and O–H groups in total. The maximum absolute atomic E-state index is 14.2. The fourth-order valence-corrected chi connectivity index (χ4v) is 6.41. The number of thiophene rings is 1. The molecule has 0 bridgehead atoms. The highest BCUT2D eigenvalue weighted by molar-refractivity contribution is 7.12. The van der Waals surface area contributed by atoms with Crippen LogP contribution in [0.3, 0.4) is 0 Å². The third-order valence-corrected chi connectivity index (χ3v) is 8.71. The van der Waals surface area contributed by atoms with E-state index in [4.69, 9.17) is 16.3 Å². The number of likely N-dealkylation sites (tertiary alicyclic amines) is 1. The molecule has 4 aromatic rings. The summed E-state index contributed by atoms with van der Waals surface area (Å²) < 4.78 is 18.8. The van der Waals surface area contributed by atoms with Crippen molar-refractivity contribution in [2.24, 2.45) is 11.8 Å². The lowest BCUT2D eigenvalue weighted by atomic mass is 9.80. The van der Waals surface area contributed by atoms with E-state index in [1.165, 1.54) is 28.4 Å². The fourth-order valence-electron chi connectivity index (χ4n) is 5.52. The lowest BCUT2D eigenvalue weighted by molar-refractivity contribution is -0.126. The molecule has 1 fully saturated rings. The summed E-state index contributed by atoms with van der Waals surface area (Å²) in [5, 5.41) is 5.01. The predicted molar refractivity (Wildman–Crippen MR) is 157 cm³/mol. The van der Waals surface area contributed by atoms with E-state index >= 15 is 0 Å². The summed E-state index contributed by atoms with van der Waals surface area (Å²) in [5.74, 6) is -2.08. The number of halogens is 2. The number of benzene rings is 3. The number of amides is 2. The lowest BCUT2D eigenvalue weighted by Crippen LogP contribution is -2.48. The van der Waals surface area contributed by atoms with E-state index in [0.29, 0.717) is 32.3 Å². The average Bonchev–Trinajstić information content (AvgIpc) is 3.63. The van der Waals surface area contributed by atoms with Gasteiger partial charge in [-0.25, -0.2) is 4.39 Å². The van der Waals surface area contributed by atoms with Crippen LogP contribution in [0.2, 0.25) is 5.02 Å². The van der Waals surface area contributed by atoms with Crippen molar-refractivity contribution in [1.82, 2.24) is 10.2 Å². The zero-order valence-electron chi connectivity index (χ0n) is 22.4. The summed E-state index contributed by atoms with van der Waals surface area (Å²) in [7, 11) is 1.56. The Bertz CT molecular complexity index is 1540. The minimum Gasteiger partial charge on any atom is -0.497 e. The number of Topliss-reactive ketones (excluding diaryl/α,β-unsaturated/α-hetero) is 1. The predicted octanol–water partition coefficient (Wildman–Crippen LogP) is 6.57. The second kappa shape index (κ2) is 12.2. The monoisotopic (exact) mass is 590 g/mol. The van der Waals surface area contributed by atoms with Crippen LogP contribution in [0.1, 0.15) is 44.1 Å². The molecule has 0 radical (unpaired) electrons. The van der Waals surface area contributed by atoms with Crippen LogP contribution in [-0.4, -0.2) is 35.6 Å². The van der Waals surface area contributed by atoms with Crippen molar-refractivity contribution < 1.29 is 23.5 Å². The highest BCUT2D eigenvalue weighted by atomic mass is 35.5. The number of methoxy groups -OCH3 is 1. The lowest BCUT2D eigenvalue weighted by Gasteiger charge is -2.31. The highest BCUT2D eigenvalue weighted by Crippen LogP contribution is 2.48. The first-order chi connectivity index (χ1) is 19.8. The zero-order valence-corrected chi connectivity index (χ0v) is 24.0. The molecule has 1 aliphatic heterocycles. The van der Waals surface area contributed by atoms with Gasteiger partial charge in [-0.15, -0.1) is 11.3 Å². The number of ketones is 1. The average molecular weight is 591 g/mol. The standard InChI is InChI=1S/C32H28ClFN2O4S/c1-19-27(30(37)24-6-3-4-7-25(24)33)29(21-11-15-23(40-2)16-12-21)36(32(39)26-8-5-17-41-26)28(19)31(38)35-18-20-9-13-22(34)14-10-20/h3-17,19,27-29H,18H2,1-2H3,(H,35,38). The van der Waals surface area contributed by atoms with Gasteiger partial charge in [0.25, 0.3) is 5.91 Å². The van der Waals surface area contributed by atoms with Crippen molar-refractivity contribution in [1.29, 1.82) is 0 Å². The molecule has 3 aromatic carbocycles. The van der Waals surface area contributed by atoms with E-state index in [1.54, 1.807) is 73.2 Å². The van der Waals surface area contributed by atoms with Crippen LogP contribution in [0.15, 0.2) is 90.3 Å². The van der Waals surface area contributed by atoms with Crippen molar-refractivity contribution in [2.45, 2.75) is 25.6 Å². The van der Waals surface area contributed by atoms with Crippen molar-refractivity contribution in [3.63, 3.8) is 0 Å². The minimum absolute atomic E-state index is 0.139. The van der Waals surface area contributed by atoms with Crippen molar-refractivity contribution >= 4 is 40.5 Å². The smallest absolute Gasteiger partial charge is 0.265 e. The molecule has 1 aromatic heterocycles. The summed E-state index contributed by atoms with van der Waals surface area (Å²) in [6.45, 7) is 1.96. The van der Waals surface area contributed by atoms with Gasteiger partial charge in [0, 0.05) is 12.1 Å². The molecular formula is C32H28ClFN2O4S. The van der Waals surface area contributed by atoms with Crippen LogP contribution in [0.4, 0.5) is 4.39 Å². The number of nitrogens with zero attached hydrogens (tertiary/aromatic N) is 1. The molecule has 0 saturated carbocycles. The first-order valence-electron chi connectivity index (χ1n) is 13.1. The van der Waals surface area contributed by atoms with Gasteiger partial charge in [-0.3, -0.25) is 14.4 Å². The molecule has 0 aliphatic carbocycles. The number of carbonyl (C=O) groups excluding carboxylic acids is 3. The molecule has 9 heteroatoms. The van der Waals surface area contributed by atoms with Crippen LogP contribution in [-0.2, 0) is 11.3 Å². The molecule has 6 nitrogen and oxygen atoms in total. The van der Waals surface area contributed by atoms with E-state index in [0.717, 1.165) is 0 Å². The summed E-state index contributed by atoms with van der Waals surface area (Å²) in [6.07, 6.45) is 0. The Balaban J connectivity index is 1.60. The van der Waals surface area contributed by atoms with E-state index in [9.17, 15) is 18.8 Å². The van der Waals surface area contributed by atoms with E-state index in [1.807, 2.05) is 19.1 Å². The Morgan fingerprint density at radius 3 is 2.32 bits per heavy atom. The molecule has 41 heavy (non-hydrogen) atoms. The Kier molecular flexibility index (Phi) is 8.52. The van der Waals surface area contributed by atoms with Crippen LogP contribution >= 0.6 is 22.9 Å². The third kappa shape index (κ3) is 5.76. The normalized spacial score (nSPS) is 20.0. The van der Waals surface area contributed by atoms with E-state index in [-0.39, 0.29) is 24.1 Å². The molecule has 1 saturated heterocycles. The number of hydrogen-bond donors (Lipinski definition) is 1. The quantitative estimate of drug-likeness (QED) is 0.236. The van der Waals surface area contributed by atoms with Gasteiger partial charge in [-0.1, -0.05) is 61.0 Å². The Hall–Kier alpha value is -4.01. The second-order valence-corrected chi connectivity index (χ2v) is 11.3. The second-order valence-electron chi connectivity index (χ2n) is 9.93. The van der Waals surface area contributed by atoms with Gasteiger partial charge in [0.15, 0.2) is 5.78 Å². The minimum atomic E-state index is -0.964. The van der Waals surface area contributed by atoms with E-state index in [2.05, 4.69) is 5.32 Å². The van der Waals surface area contributed by atoms with Crippen molar-refractivity contribution in [3.8, 4) is 5.75 Å². The number of nitrogens with one attached hydrogen (secondary N) is 1. The van der Waals surface area contributed by atoms with Crippen LogP contribution in [0.5, 0.6) is 5.75 Å². The first-order valence-corrected chi connectivity index (χ1v) is 14.4. The summed E-state index contributed by atoms with van der Waals surface area (Å²) >= 11 is 7.74. The summed E-state index contributed by atoms with van der Waals surface area (Å²) in [6, 6.07) is 21.6. The molecule has 4 atom stereocenters. The first kappa shape index (κ1) is 28.5. The number of rotatable bonds is 8. The fraction of sp³-hybridized carbons (Fsp3) is 0.219. The number of carbonyl (C=O) groups is 3. The van der Waals surface area contributed by atoms with Crippen LogP contribution < -0.4 is 10.1 Å². The molecule has 1 aliphatic rings. The Labute approximate surface area is 246 Å². The zero-order chi connectivity index (χ0) is 29.1. The molecular weight excluding hydrogens is 563 g/mol. The van der Waals surface area contributed by atoms with E-state index < -0.39 is 29.8 Å². The Morgan fingerprint density at radius 2 is 1.68 bits per heavy atom. The number of ether oxygens (including phenoxy) is 1. The number of hydrogen-bond acceptors (Lipinski definition) is 5. The third-order valence-electron chi connectivity index (χ3n) is 7.52. The van der Waals surface area contributed by atoms with Crippen molar-refractivity contribution in [3.05, 3.63) is 123 Å². The SMILES string of the molecule is COc1ccc(C2C(C(=O)c3ccccc3Cl)C(C)C(C(=O)NCc3ccc(F)cc3)N2C(=O)c2cccs2)cc1. The molecule has 2 amide bonds. The van der Waals surface area contributed by atoms with Gasteiger partial charge in [-0.2, -0.15) is 0 Å². The van der Waals surface area contributed by atoms with Crippen LogP contribution in [0.25, 0.3) is 0 Å². The summed E-state index contributed by atoms with van der Waals surface area (Å²) in [4.78, 5) is 44.2. The van der Waals surface area contributed by atoms with Gasteiger partial charge in [-0.05, 0) is 64.9 Å². The molecule has 210 valence electrons. The van der Waals surface area contributed by atoms with Gasteiger partial charge < -0.3 is 15.0 Å². The van der Waals surface area contributed by atoms with Crippen molar-refractivity contribution in [2.75, 3.05) is 7.11 Å². The molecule has 2 heterocycles. The van der Waals surface area contributed by atoms with Crippen LogP contribution in [0, 0.1) is 17.7 Å². The summed E-state index contributed by atoms with van der Waals surface area (Å²) in [5.41, 5.74) is 1.74. The topological polar surface area (TPSA) is 75.7 Å². The van der Waals surface area contributed by atoms with Gasteiger partial charge in [0.2, 0.25) is 5.91 Å².